The minimum atomic E-state index is 0.0324. The van der Waals surface area contributed by atoms with Crippen LogP contribution in [0.15, 0.2) is 18.2 Å². The van der Waals surface area contributed by atoms with Crippen LogP contribution in [0, 0.1) is 5.92 Å². The van der Waals surface area contributed by atoms with Crippen molar-refractivity contribution in [3.8, 4) is 5.75 Å². The van der Waals surface area contributed by atoms with Crippen molar-refractivity contribution in [3.05, 3.63) is 28.8 Å². The molecule has 1 fully saturated rings. The number of halogens is 1. The van der Waals surface area contributed by atoms with Crippen LogP contribution >= 0.6 is 11.6 Å². The molecule has 128 valence electrons. The smallest absolute Gasteiger partial charge is 0.224 e. The van der Waals surface area contributed by atoms with Crippen LogP contribution in [0.2, 0.25) is 5.02 Å². The van der Waals surface area contributed by atoms with Crippen molar-refractivity contribution in [2.24, 2.45) is 11.7 Å². The molecule has 5 nitrogen and oxygen atoms in total. The second-order valence-corrected chi connectivity index (χ2v) is 6.22. The number of nitrogens with two attached hydrogens (primary N) is 1. The molecule has 0 aliphatic carbocycles. The van der Waals surface area contributed by atoms with E-state index in [2.05, 4.69) is 10.2 Å². The van der Waals surface area contributed by atoms with E-state index in [0.29, 0.717) is 24.7 Å². The van der Waals surface area contributed by atoms with E-state index in [0.717, 1.165) is 43.8 Å². The number of likely N-dealkylation sites (tertiary alicyclic amines) is 1. The van der Waals surface area contributed by atoms with E-state index < -0.39 is 0 Å². The number of nitrogens with one attached hydrogen (secondary N) is 1. The Kier molecular flexibility index (Phi) is 7.15. The minimum absolute atomic E-state index is 0.0324. The van der Waals surface area contributed by atoms with Gasteiger partial charge in [0.05, 0.1) is 17.5 Å². The average molecular weight is 340 g/mol. The van der Waals surface area contributed by atoms with Gasteiger partial charge in [0.2, 0.25) is 5.91 Å². The van der Waals surface area contributed by atoms with E-state index in [1.165, 1.54) is 0 Å². The summed E-state index contributed by atoms with van der Waals surface area (Å²) in [7, 11) is 0. The summed E-state index contributed by atoms with van der Waals surface area (Å²) in [4.78, 5) is 14.4. The molecule has 0 bridgehead atoms. The van der Waals surface area contributed by atoms with Crippen LogP contribution in [0.1, 0.15) is 25.3 Å². The quantitative estimate of drug-likeness (QED) is 0.797. The predicted octanol–water partition coefficient (Wildman–Crippen LogP) is 2.03. The lowest BCUT2D eigenvalue weighted by molar-refractivity contribution is -0.126. The summed E-state index contributed by atoms with van der Waals surface area (Å²) in [5.41, 5.74) is 6.52. The van der Waals surface area contributed by atoms with Gasteiger partial charge >= 0.3 is 0 Å². The topological polar surface area (TPSA) is 67.6 Å². The maximum Gasteiger partial charge on any atom is 0.224 e. The van der Waals surface area contributed by atoms with Gasteiger partial charge in [-0.25, -0.2) is 0 Å². The van der Waals surface area contributed by atoms with Crippen LogP contribution < -0.4 is 15.8 Å². The van der Waals surface area contributed by atoms with Crippen molar-refractivity contribution in [2.75, 3.05) is 32.8 Å². The number of para-hydroxylation sites is 1. The molecule has 0 saturated carbocycles. The summed E-state index contributed by atoms with van der Waals surface area (Å²) in [5, 5.41) is 3.53. The highest BCUT2D eigenvalue weighted by Gasteiger charge is 2.26. The van der Waals surface area contributed by atoms with E-state index >= 15 is 0 Å². The van der Waals surface area contributed by atoms with Crippen LogP contribution in [-0.2, 0) is 11.3 Å². The van der Waals surface area contributed by atoms with Crippen molar-refractivity contribution >= 4 is 17.5 Å². The van der Waals surface area contributed by atoms with Gasteiger partial charge in [0.25, 0.3) is 0 Å². The molecular formula is C17H26ClN3O2. The average Bonchev–Trinajstić information content (AvgIpc) is 2.56. The van der Waals surface area contributed by atoms with Gasteiger partial charge in [-0.15, -0.1) is 0 Å². The van der Waals surface area contributed by atoms with Crippen LogP contribution in [0.4, 0.5) is 0 Å². The number of benzene rings is 1. The fraction of sp³-hybridized carbons (Fsp3) is 0.588. The number of rotatable bonds is 7. The number of piperidine rings is 1. The van der Waals surface area contributed by atoms with Gasteiger partial charge in [0, 0.05) is 31.7 Å². The fourth-order valence-electron chi connectivity index (χ4n) is 2.98. The lowest BCUT2D eigenvalue weighted by atomic mass is 9.96. The molecule has 0 aromatic heterocycles. The summed E-state index contributed by atoms with van der Waals surface area (Å²) in [5.74, 6) is 0.896. The third-order valence-electron chi connectivity index (χ3n) is 4.05. The molecule has 0 spiro atoms. The molecule has 1 aromatic rings. The highest BCUT2D eigenvalue weighted by atomic mass is 35.5. The first-order valence-corrected chi connectivity index (χ1v) is 8.63. The number of hydrogen-bond acceptors (Lipinski definition) is 4. The fourth-order valence-corrected chi connectivity index (χ4v) is 3.23. The lowest BCUT2D eigenvalue weighted by Gasteiger charge is -2.32. The molecular weight excluding hydrogens is 314 g/mol. The monoisotopic (exact) mass is 339 g/mol. The van der Waals surface area contributed by atoms with E-state index in [1.54, 1.807) is 0 Å². The van der Waals surface area contributed by atoms with Gasteiger partial charge in [-0.1, -0.05) is 23.7 Å². The Morgan fingerprint density at radius 1 is 1.52 bits per heavy atom. The Labute approximate surface area is 143 Å². The van der Waals surface area contributed by atoms with Crippen LogP contribution in [-0.4, -0.2) is 43.6 Å². The van der Waals surface area contributed by atoms with Gasteiger partial charge in [0.1, 0.15) is 5.75 Å². The van der Waals surface area contributed by atoms with Crippen molar-refractivity contribution in [1.29, 1.82) is 0 Å². The largest absolute Gasteiger partial charge is 0.492 e. The Morgan fingerprint density at radius 2 is 2.35 bits per heavy atom. The molecule has 1 aromatic carbocycles. The third kappa shape index (κ3) is 5.09. The minimum Gasteiger partial charge on any atom is -0.492 e. The molecule has 0 radical (unpaired) electrons. The summed E-state index contributed by atoms with van der Waals surface area (Å²) in [6.45, 7) is 6.04. The number of nitrogens with zero attached hydrogens (tertiary/aromatic N) is 1. The number of hydrogen-bond donors (Lipinski definition) is 2. The van der Waals surface area contributed by atoms with E-state index in [9.17, 15) is 4.79 Å². The summed E-state index contributed by atoms with van der Waals surface area (Å²) < 4.78 is 5.68. The number of carbonyl (C=O) groups is 1. The molecule has 1 aliphatic rings. The van der Waals surface area contributed by atoms with Gasteiger partial charge < -0.3 is 15.8 Å². The van der Waals surface area contributed by atoms with E-state index in [1.807, 2.05) is 25.1 Å². The molecule has 1 saturated heterocycles. The number of carbonyl (C=O) groups excluding carboxylic acids is 1. The Morgan fingerprint density at radius 3 is 3.09 bits per heavy atom. The Hall–Kier alpha value is -1.30. The van der Waals surface area contributed by atoms with Crippen molar-refractivity contribution in [2.45, 2.75) is 26.3 Å². The highest BCUT2D eigenvalue weighted by Crippen LogP contribution is 2.30. The number of amides is 1. The first-order valence-electron chi connectivity index (χ1n) is 8.26. The van der Waals surface area contributed by atoms with Gasteiger partial charge in [-0.3, -0.25) is 9.69 Å². The van der Waals surface area contributed by atoms with Crippen LogP contribution in [0.25, 0.3) is 0 Å². The van der Waals surface area contributed by atoms with Gasteiger partial charge in [-0.05, 0) is 32.4 Å². The highest BCUT2D eigenvalue weighted by molar-refractivity contribution is 6.32. The second kappa shape index (κ2) is 9.11. The first-order chi connectivity index (χ1) is 11.2. The standard InChI is InChI=1S/C17H26ClN3O2/c1-2-23-16-13(5-3-7-15(16)18)11-21-10-4-6-14(12-21)17(22)20-9-8-19/h3,5,7,14H,2,4,6,8-12,19H2,1H3,(H,20,22). The third-order valence-corrected chi connectivity index (χ3v) is 4.35. The maximum atomic E-state index is 12.1. The molecule has 1 amide bonds. The second-order valence-electron chi connectivity index (χ2n) is 5.82. The zero-order chi connectivity index (χ0) is 16.7. The molecule has 1 unspecified atom stereocenters. The Bertz CT molecular complexity index is 525. The molecule has 1 heterocycles. The van der Waals surface area contributed by atoms with Gasteiger partial charge in [-0.2, -0.15) is 0 Å². The molecule has 3 N–H and O–H groups in total. The van der Waals surface area contributed by atoms with Crippen molar-refractivity contribution in [3.63, 3.8) is 0 Å². The van der Waals surface area contributed by atoms with E-state index in [4.69, 9.17) is 22.1 Å². The molecule has 2 rings (SSSR count). The maximum absolute atomic E-state index is 12.1. The van der Waals surface area contributed by atoms with Crippen LogP contribution in [0.5, 0.6) is 5.75 Å². The molecule has 1 aliphatic heterocycles. The molecule has 1 atom stereocenters. The predicted molar refractivity (Wildman–Crippen MR) is 92.7 cm³/mol. The molecule has 23 heavy (non-hydrogen) atoms. The zero-order valence-electron chi connectivity index (χ0n) is 13.7. The summed E-state index contributed by atoms with van der Waals surface area (Å²) in [6, 6.07) is 5.82. The normalized spacial score (nSPS) is 18.7. The van der Waals surface area contributed by atoms with Crippen molar-refractivity contribution < 1.29 is 9.53 Å². The van der Waals surface area contributed by atoms with Gasteiger partial charge in [0.15, 0.2) is 0 Å². The van der Waals surface area contributed by atoms with Crippen molar-refractivity contribution in [1.82, 2.24) is 10.2 Å². The summed E-state index contributed by atoms with van der Waals surface area (Å²) in [6.07, 6.45) is 1.95. The first kappa shape index (κ1) is 18.0. The van der Waals surface area contributed by atoms with Crippen LogP contribution in [0.3, 0.4) is 0 Å². The SMILES string of the molecule is CCOc1c(Cl)cccc1CN1CCCC(C(=O)NCCN)C1. The summed E-state index contributed by atoms with van der Waals surface area (Å²) >= 11 is 6.24. The Balaban J connectivity index is 2.00. The van der Waals surface area contributed by atoms with E-state index in [-0.39, 0.29) is 11.8 Å². The molecule has 6 heteroatoms. The number of ether oxygens (including phenoxy) is 1. The zero-order valence-corrected chi connectivity index (χ0v) is 14.4. The lowest BCUT2D eigenvalue weighted by Crippen LogP contribution is -2.43.